The van der Waals surface area contributed by atoms with Gasteiger partial charge < -0.3 is 9.80 Å². The van der Waals surface area contributed by atoms with Gasteiger partial charge in [-0.2, -0.15) is 0 Å². The lowest BCUT2D eigenvalue weighted by molar-refractivity contribution is 0.0746. The van der Waals surface area contributed by atoms with Crippen molar-refractivity contribution in [3.8, 4) is 0 Å². The van der Waals surface area contributed by atoms with E-state index in [1.807, 2.05) is 17.9 Å². The second-order valence-electron chi connectivity index (χ2n) is 8.52. The summed E-state index contributed by atoms with van der Waals surface area (Å²) in [6.07, 6.45) is 0. The van der Waals surface area contributed by atoms with Crippen LogP contribution in [0, 0.1) is 19.7 Å². The van der Waals surface area contributed by atoms with Crippen molar-refractivity contribution in [1.82, 2.24) is 9.62 Å². The molecule has 34 heavy (non-hydrogen) atoms. The van der Waals surface area contributed by atoms with Crippen molar-refractivity contribution in [3.05, 3.63) is 94.8 Å². The number of amides is 1. The number of nitrogens with one attached hydrogen (secondary N) is 1. The van der Waals surface area contributed by atoms with Gasteiger partial charge in [0, 0.05) is 38.3 Å². The number of para-hydroxylation sites is 1. The first-order valence-corrected chi connectivity index (χ1v) is 12.7. The summed E-state index contributed by atoms with van der Waals surface area (Å²) in [6, 6.07) is 18.9. The number of anilines is 1. The smallest absolute Gasteiger partial charge is 0.253 e. The maximum atomic E-state index is 14.0. The van der Waals surface area contributed by atoms with Gasteiger partial charge in [-0.25, -0.2) is 17.5 Å². The fraction of sp³-hybridized carbons (Fsp3) is 0.269. The Morgan fingerprint density at radius 3 is 2.29 bits per heavy atom. The van der Waals surface area contributed by atoms with Gasteiger partial charge in [0.15, 0.2) is 0 Å². The van der Waals surface area contributed by atoms with Gasteiger partial charge in [-0.15, -0.1) is 0 Å². The van der Waals surface area contributed by atoms with Crippen LogP contribution in [0.1, 0.15) is 27.0 Å². The van der Waals surface area contributed by atoms with E-state index < -0.39 is 10.0 Å². The molecule has 3 aromatic rings. The van der Waals surface area contributed by atoms with E-state index in [9.17, 15) is 17.6 Å². The molecule has 1 aliphatic heterocycles. The molecule has 4 rings (SSSR count). The highest BCUT2D eigenvalue weighted by Gasteiger charge is 2.23. The van der Waals surface area contributed by atoms with Crippen molar-refractivity contribution >= 4 is 21.6 Å². The zero-order valence-electron chi connectivity index (χ0n) is 19.3. The van der Waals surface area contributed by atoms with Crippen molar-refractivity contribution in [3.63, 3.8) is 0 Å². The number of hydrogen-bond donors (Lipinski definition) is 1. The number of piperazine rings is 1. The average Bonchev–Trinajstić information content (AvgIpc) is 2.84. The Morgan fingerprint density at radius 2 is 1.62 bits per heavy atom. The van der Waals surface area contributed by atoms with E-state index in [1.165, 1.54) is 6.07 Å². The number of halogens is 1. The molecule has 0 aromatic heterocycles. The van der Waals surface area contributed by atoms with Crippen LogP contribution in [0.3, 0.4) is 0 Å². The van der Waals surface area contributed by atoms with Gasteiger partial charge in [0.25, 0.3) is 5.91 Å². The molecule has 6 nitrogen and oxygen atoms in total. The predicted octanol–water partition coefficient (Wildman–Crippen LogP) is 3.88. The van der Waals surface area contributed by atoms with Gasteiger partial charge >= 0.3 is 0 Å². The molecule has 0 bridgehead atoms. The molecule has 3 aromatic carbocycles. The van der Waals surface area contributed by atoms with Gasteiger partial charge in [0.1, 0.15) is 5.82 Å². The van der Waals surface area contributed by atoms with Crippen molar-refractivity contribution in [2.45, 2.75) is 25.3 Å². The highest BCUT2D eigenvalue weighted by molar-refractivity contribution is 7.89. The summed E-state index contributed by atoms with van der Waals surface area (Å²) in [6.45, 7) is 5.88. The summed E-state index contributed by atoms with van der Waals surface area (Å²) in [4.78, 5) is 16.9. The molecule has 178 valence electrons. The third-order valence-electron chi connectivity index (χ3n) is 6.06. The molecule has 1 fully saturated rings. The molecule has 0 unspecified atom stereocenters. The Kier molecular flexibility index (Phi) is 7.00. The van der Waals surface area contributed by atoms with E-state index >= 15 is 0 Å². The quantitative estimate of drug-likeness (QED) is 0.580. The summed E-state index contributed by atoms with van der Waals surface area (Å²) in [7, 11) is -3.64. The SMILES string of the molecule is Cc1ccc(C)c(S(=O)(=O)NCc2ccc(C(=O)N3CCN(c4ccccc4F)CC3)cc2)c1. The molecule has 1 saturated heterocycles. The number of rotatable bonds is 6. The molecule has 1 amide bonds. The number of nitrogens with zero attached hydrogens (tertiary/aromatic N) is 2. The Balaban J connectivity index is 1.35. The Hall–Kier alpha value is -3.23. The zero-order chi connectivity index (χ0) is 24.3. The molecule has 0 atom stereocenters. The molecule has 0 aliphatic carbocycles. The standard InChI is InChI=1S/C26H28FN3O3S/c1-19-7-8-20(2)25(17-19)34(32,33)28-18-21-9-11-22(12-10-21)26(31)30-15-13-29(14-16-30)24-6-4-3-5-23(24)27/h3-12,17,28H,13-16,18H2,1-2H3. The molecular formula is C26H28FN3O3S. The van der Waals surface area contributed by atoms with E-state index in [-0.39, 0.29) is 23.2 Å². The molecule has 1 N–H and O–H groups in total. The van der Waals surface area contributed by atoms with E-state index in [4.69, 9.17) is 0 Å². The molecular weight excluding hydrogens is 453 g/mol. The normalized spacial score (nSPS) is 14.3. The van der Waals surface area contributed by atoms with E-state index in [2.05, 4.69) is 4.72 Å². The fourth-order valence-corrected chi connectivity index (χ4v) is 5.40. The van der Waals surface area contributed by atoms with Crippen LogP contribution in [0.5, 0.6) is 0 Å². The first-order valence-electron chi connectivity index (χ1n) is 11.2. The maximum Gasteiger partial charge on any atom is 0.253 e. The number of sulfonamides is 1. The van der Waals surface area contributed by atoms with Crippen molar-refractivity contribution in [2.24, 2.45) is 0 Å². The monoisotopic (exact) mass is 481 g/mol. The number of aryl methyl sites for hydroxylation is 2. The highest BCUT2D eigenvalue weighted by atomic mass is 32.2. The van der Waals surface area contributed by atoms with Crippen LogP contribution in [0.4, 0.5) is 10.1 Å². The van der Waals surface area contributed by atoms with Crippen LogP contribution >= 0.6 is 0 Å². The number of carbonyl (C=O) groups excluding carboxylic acids is 1. The van der Waals surface area contributed by atoms with Gasteiger partial charge in [-0.05, 0) is 60.9 Å². The zero-order valence-corrected chi connectivity index (χ0v) is 20.1. The first kappa shape index (κ1) is 23.9. The van der Waals surface area contributed by atoms with E-state index in [1.54, 1.807) is 66.4 Å². The van der Waals surface area contributed by atoms with Crippen molar-refractivity contribution < 1.29 is 17.6 Å². The largest absolute Gasteiger partial charge is 0.366 e. The molecule has 1 aliphatic rings. The topological polar surface area (TPSA) is 69.7 Å². The highest BCUT2D eigenvalue weighted by Crippen LogP contribution is 2.21. The predicted molar refractivity (Wildman–Crippen MR) is 131 cm³/mol. The van der Waals surface area contributed by atoms with E-state index in [0.29, 0.717) is 43.0 Å². The minimum Gasteiger partial charge on any atom is -0.366 e. The van der Waals surface area contributed by atoms with Crippen LogP contribution < -0.4 is 9.62 Å². The summed E-state index contributed by atoms with van der Waals surface area (Å²) in [5.74, 6) is -0.346. The van der Waals surface area contributed by atoms with E-state index in [0.717, 1.165) is 11.1 Å². The van der Waals surface area contributed by atoms with Gasteiger partial charge in [-0.3, -0.25) is 4.79 Å². The van der Waals surface area contributed by atoms with Crippen molar-refractivity contribution in [1.29, 1.82) is 0 Å². The molecule has 1 heterocycles. The van der Waals surface area contributed by atoms with Crippen molar-refractivity contribution in [2.75, 3.05) is 31.1 Å². The third kappa shape index (κ3) is 5.29. The maximum absolute atomic E-state index is 14.0. The lowest BCUT2D eigenvalue weighted by Crippen LogP contribution is -2.49. The first-order chi connectivity index (χ1) is 16.2. The number of carbonyl (C=O) groups is 1. The van der Waals surface area contributed by atoms with Gasteiger partial charge in [0.2, 0.25) is 10.0 Å². The third-order valence-corrected chi connectivity index (χ3v) is 7.60. The molecule has 8 heteroatoms. The second kappa shape index (κ2) is 9.95. The Bertz CT molecular complexity index is 1280. The van der Waals surface area contributed by atoms with Gasteiger partial charge in [0.05, 0.1) is 10.6 Å². The number of benzene rings is 3. The van der Waals surface area contributed by atoms with Crippen LogP contribution in [-0.2, 0) is 16.6 Å². The van der Waals surface area contributed by atoms with Crippen LogP contribution in [0.25, 0.3) is 0 Å². The lowest BCUT2D eigenvalue weighted by atomic mass is 10.1. The fourth-order valence-electron chi connectivity index (χ4n) is 4.06. The lowest BCUT2D eigenvalue weighted by Gasteiger charge is -2.36. The second-order valence-corrected chi connectivity index (χ2v) is 10.3. The molecule has 0 spiro atoms. The average molecular weight is 482 g/mol. The van der Waals surface area contributed by atoms with Crippen LogP contribution in [-0.4, -0.2) is 45.4 Å². The Labute approximate surface area is 200 Å². The number of hydrogen-bond acceptors (Lipinski definition) is 4. The van der Waals surface area contributed by atoms with Crippen LogP contribution in [0.15, 0.2) is 71.6 Å². The summed E-state index contributed by atoms with van der Waals surface area (Å²) in [5, 5.41) is 0. The van der Waals surface area contributed by atoms with Gasteiger partial charge in [-0.1, -0.05) is 36.4 Å². The molecule has 0 radical (unpaired) electrons. The summed E-state index contributed by atoms with van der Waals surface area (Å²) in [5.41, 5.74) is 3.43. The minimum absolute atomic E-state index is 0.0873. The minimum atomic E-state index is -3.64. The summed E-state index contributed by atoms with van der Waals surface area (Å²) >= 11 is 0. The molecule has 0 saturated carbocycles. The summed E-state index contributed by atoms with van der Waals surface area (Å²) < 4.78 is 42.1. The Morgan fingerprint density at radius 1 is 0.941 bits per heavy atom. The van der Waals surface area contributed by atoms with Crippen LogP contribution in [0.2, 0.25) is 0 Å².